The maximum atomic E-state index is 6.29. The van der Waals surface area contributed by atoms with Crippen LogP contribution in [0.15, 0.2) is 168 Å². The fourth-order valence-electron chi connectivity index (χ4n) is 8.49. The molecule has 0 saturated carbocycles. The van der Waals surface area contributed by atoms with E-state index in [0.717, 1.165) is 44.7 Å². The van der Waals surface area contributed by atoms with E-state index in [1.54, 1.807) is 0 Å². The number of thiophene rings is 1. The Morgan fingerprint density at radius 3 is 2.02 bits per heavy atom. The third-order valence-corrected chi connectivity index (χ3v) is 12.0. The van der Waals surface area contributed by atoms with Crippen LogP contribution in [0, 0.1) is 0 Å². The summed E-state index contributed by atoms with van der Waals surface area (Å²) in [6.07, 6.45) is 0. The molecule has 0 aliphatic rings. The van der Waals surface area contributed by atoms with Crippen LogP contribution < -0.4 is 0 Å². The van der Waals surface area contributed by atoms with E-state index in [0.29, 0.717) is 5.71 Å². The Bertz CT molecular complexity index is 3460. The molecule has 0 unspecified atom stereocenters. The van der Waals surface area contributed by atoms with Gasteiger partial charge in [0.1, 0.15) is 16.8 Å². The van der Waals surface area contributed by atoms with Crippen LogP contribution in [0.5, 0.6) is 0 Å². The first-order valence-corrected chi connectivity index (χ1v) is 18.7. The number of hydrogen-bond donors (Lipinski definition) is 0. The van der Waals surface area contributed by atoms with Crippen molar-refractivity contribution in [1.29, 1.82) is 0 Å². The molecule has 0 radical (unpaired) electrons. The summed E-state index contributed by atoms with van der Waals surface area (Å²) in [7, 11) is 0. The quantitative estimate of drug-likeness (QED) is 0.185. The van der Waals surface area contributed by atoms with Crippen LogP contribution in [0.25, 0.3) is 114 Å². The molecular formula is C48H27N3OS. The third kappa shape index (κ3) is 4.05. The minimum absolute atomic E-state index is 0.536. The molecule has 246 valence electrons. The highest BCUT2D eigenvalue weighted by Crippen LogP contribution is 2.49. The lowest BCUT2D eigenvalue weighted by molar-refractivity contribution is 0.653. The first kappa shape index (κ1) is 28.8. The first-order valence-electron chi connectivity index (χ1n) is 17.8. The molecule has 0 saturated heterocycles. The van der Waals surface area contributed by atoms with Gasteiger partial charge in [-0.25, -0.2) is 9.97 Å². The summed E-state index contributed by atoms with van der Waals surface area (Å²) >= 11 is 1.91. The molecule has 12 rings (SSSR count). The summed E-state index contributed by atoms with van der Waals surface area (Å²) < 4.78 is 11.4. The normalized spacial score (nSPS) is 12.2. The van der Waals surface area contributed by atoms with Gasteiger partial charge in [0.25, 0.3) is 0 Å². The number of benzene rings is 8. The predicted octanol–water partition coefficient (Wildman–Crippen LogP) is 13.5. The molecule has 0 bridgehead atoms. The number of rotatable bonds is 3. The van der Waals surface area contributed by atoms with E-state index in [4.69, 9.17) is 14.4 Å². The second kappa shape index (κ2) is 10.8. The highest BCUT2D eigenvalue weighted by molar-refractivity contribution is 7.27. The largest absolute Gasteiger partial charge is 0.436 e. The molecule has 5 heteroatoms. The topological polar surface area (TPSA) is 43.9 Å². The van der Waals surface area contributed by atoms with Gasteiger partial charge in [0.05, 0.1) is 21.4 Å². The van der Waals surface area contributed by atoms with Gasteiger partial charge < -0.3 is 8.98 Å². The molecule has 4 aromatic heterocycles. The van der Waals surface area contributed by atoms with Crippen LogP contribution >= 0.6 is 11.3 Å². The SMILES string of the molecule is c1ccc(-c2nc3c(nc2-c2cccc(-n4c5ccccc5c5c6ccccc6c6c7ccc8ccccc8c7sc6c54)c2)oc2ccccc23)cc1. The van der Waals surface area contributed by atoms with Crippen LogP contribution in [-0.2, 0) is 0 Å². The summed E-state index contributed by atoms with van der Waals surface area (Å²) in [6, 6.07) is 58.2. The summed E-state index contributed by atoms with van der Waals surface area (Å²) in [4.78, 5) is 10.5. The minimum Gasteiger partial charge on any atom is -0.436 e. The maximum Gasteiger partial charge on any atom is 0.246 e. The second-order valence-electron chi connectivity index (χ2n) is 13.7. The Morgan fingerprint density at radius 1 is 0.472 bits per heavy atom. The van der Waals surface area contributed by atoms with Gasteiger partial charge in [-0.05, 0) is 51.9 Å². The molecule has 0 atom stereocenters. The Hall–Kier alpha value is -6.82. The highest BCUT2D eigenvalue weighted by Gasteiger charge is 2.23. The minimum atomic E-state index is 0.536. The molecule has 0 fully saturated rings. The van der Waals surface area contributed by atoms with Gasteiger partial charge in [0, 0.05) is 48.4 Å². The molecule has 0 N–H and O–H groups in total. The van der Waals surface area contributed by atoms with Gasteiger partial charge >= 0.3 is 0 Å². The average molecular weight is 694 g/mol. The van der Waals surface area contributed by atoms with E-state index in [2.05, 4.69) is 144 Å². The van der Waals surface area contributed by atoms with Crippen LogP contribution in [0.3, 0.4) is 0 Å². The van der Waals surface area contributed by atoms with E-state index < -0.39 is 0 Å². The van der Waals surface area contributed by atoms with Crippen molar-refractivity contribution in [3.63, 3.8) is 0 Å². The van der Waals surface area contributed by atoms with Crippen molar-refractivity contribution in [2.45, 2.75) is 0 Å². The molecule has 8 aromatic carbocycles. The van der Waals surface area contributed by atoms with E-state index >= 15 is 0 Å². The number of aromatic nitrogens is 3. The molecule has 4 heterocycles. The smallest absolute Gasteiger partial charge is 0.246 e. The Morgan fingerprint density at radius 2 is 1.15 bits per heavy atom. The Labute approximate surface area is 306 Å². The molecule has 53 heavy (non-hydrogen) atoms. The standard InChI is InChI=1S/C48H27N3OS/c1-2-14-29(15-3-1)42-43(50-48-44(49-42)36-22-9-11-24-39(36)52-48)30-16-12-17-31(27-30)51-38-23-10-8-21-35(38)40-33-19-6-7-20-34(33)41-37-26-25-28-13-4-5-18-32(28)46(37)53-47(41)45(40)51/h1-27H. The van der Waals surface area contributed by atoms with Crippen molar-refractivity contribution in [1.82, 2.24) is 14.5 Å². The lowest BCUT2D eigenvalue weighted by Crippen LogP contribution is -1.97. The molecule has 0 spiro atoms. The van der Waals surface area contributed by atoms with Crippen LogP contribution in [0.2, 0.25) is 0 Å². The molecule has 0 amide bonds. The van der Waals surface area contributed by atoms with Gasteiger partial charge in [0.2, 0.25) is 5.71 Å². The van der Waals surface area contributed by atoms with Crippen molar-refractivity contribution in [3.05, 3.63) is 164 Å². The summed E-state index contributed by atoms with van der Waals surface area (Å²) in [6.45, 7) is 0. The summed E-state index contributed by atoms with van der Waals surface area (Å²) in [5.74, 6) is 0. The number of fused-ring (bicyclic) bond motifs is 15. The molecular weight excluding hydrogens is 667 g/mol. The van der Waals surface area contributed by atoms with Crippen LogP contribution in [0.4, 0.5) is 0 Å². The second-order valence-corrected chi connectivity index (χ2v) is 14.7. The van der Waals surface area contributed by atoms with Gasteiger partial charge in [-0.3, -0.25) is 0 Å². The zero-order chi connectivity index (χ0) is 34.6. The zero-order valence-electron chi connectivity index (χ0n) is 28.2. The van der Waals surface area contributed by atoms with Crippen LogP contribution in [0.1, 0.15) is 0 Å². The lowest BCUT2D eigenvalue weighted by atomic mass is 9.98. The van der Waals surface area contributed by atoms with Crippen molar-refractivity contribution < 1.29 is 4.42 Å². The van der Waals surface area contributed by atoms with E-state index in [9.17, 15) is 0 Å². The number of hydrogen-bond acceptors (Lipinski definition) is 4. The molecule has 0 aliphatic carbocycles. The highest BCUT2D eigenvalue weighted by atomic mass is 32.1. The summed E-state index contributed by atoms with van der Waals surface area (Å²) in [5, 5.41) is 11.2. The van der Waals surface area contributed by atoms with Gasteiger partial charge in [0.15, 0.2) is 0 Å². The van der Waals surface area contributed by atoms with Crippen molar-refractivity contribution >= 4 is 97.1 Å². The summed E-state index contributed by atoms with van der Waals surface area (Å²) in [5.41, 5.74) is 9.15. The van der Waals surface area contributed by atoms with Gasteiger partial charge in [-0.2, -0.15) is 0 Å². The fraction of sp³-hybridized carbons (Fsp3) is 0. The Kier molecular flexibility index (Phi) is 5.90. The zero-order valence-corrected chi connectivity index (χ0v) is 29.1. The van der Waals surface area contributed by atoms with Crippen LogP contribution in [-0.4, -0.2) is 14.5 Å². The van der Waals surface area contributed by atoms with Crippen molar-refractivity contribution in [2.75, 3.05) is 0 Å². The number of furan rings is 1. The van der Waals surface area contributed by atoms with E-state index in [1.165, 1.54) is 63.5 Å². The van der Waals surface area contributed by atoms with Gasteiger partial charge in [-0.1, -0.05) is 133 Å². The maximum absolute atomic E-state index is 6.29. The molecule has 0 aliphatic heterocycles. The molecule has 12 aromatic rings. The van der Waals surface area contributed by atoms with Crippen molar-refractivity contribution in [2.24, 2.45) is 0 Å². The monoisotopic (exact) mass is 693 g/mol. The predicted molar refractivity (Wildman–Crippen MR) is 222 cm³/mol. The van der Waals surface area contributed by atoms with E-state index in [1.807, 2.05) is 35.6 Å². The van der Waals surface area contributed by atoms with Gasteiger partial charge in [-0.15, -0.1) is 11.3 Å². The number of para-hydroxylation sites is 2. The third-order valence-electron chi connectivity index (χ3n) is 10.8. The number of nitrogens with zero attached hydrogens (tertiary/aromatic N) is 3. The average Bonchev–Trinajstić information content (AvgIpc) is 3.91. The Balaban J connectivity index is 1.20. The molecule has 4 nitrogen and oxygen atoms in total. The lowest BCUT2D eigenvalue weighted by Gasteiger charge is -2.13. The van der Waals surface area contributed by atoms with Crippen molar-refractivity contribution in [3.8, 4) is 28.2 Å². The first-order chi connectivity index (χ1) is 26.3. The van der Waals surface area contributed by atoms with E-state index in [-0.39, 0.29) is 0 Å². The fourth-order valence-corrected chi connectivity index (χ4v) is 9.88.